The lowest BCUT2D eigenvalue weighted by Gasteiger charge is -2.17. The van der Waals surface area contributed by atoms with E-state index in [-0.39, 0.29) is 5.56 Å². The van der Waals surface area contributed by atoms with Gasteiger partial charge < -0.3 is 5.32 Å². The van der Waals surface area contributed by atoms with Crippen LogP contribution in [0.15, 0.2) is 29.1 Å². The molecule has 0 unspecified atom stereocenters. The van der Waals surface area contributed by atoms with Crippen LogP contribution in [0.25, 0.3) is 0 Å². The summed E-state index contributed by atoms with van der Waals surface area (Å²) in [5, 5.41) is 8.85. The van der Waals surface area contributed by atoms with E-state index in [0.717, 1.165) is 29.8 Å². The molecule has 4 nitrogen and oxygen atoms in total. The second-order valence-electron chi connectivity index (χ2n) is 4.77. The van der Waals surface area contributed by atoms with E-state index in [1.807, 2.05) is 0 Å². The Bertz CT molecular complexity index is 712. The minimum Gasteiger partial charge on any atom is -0.312 e. The average Bonchev–Trinajstić information content (AvgIpc) is 2.43. The fraction of sp³-hybridized carbons (Fsp3) is 0.286. The Hall–Kier alpha value is -1.36. The van der Waals surface area contributed by atoms with Crippen molar-refractivity contribution in [3.63, 3.8) is 0 Å². The summed E-state index contributed by atoms with van der Waals surface area (Å²) in [6.07, 6.45) is 0.832. The lowest BCUT2D eigenvalue weighted by atomic mass is 10.1. The summed E-state index contributed by atoms with van der Waals surface area (Å²) < 4.78 is 1.45. The van der Waals surface area contributed by atoms with E-state index in [9.17, 15) is 4.79 Å². The minimum absolute atomic E-state index is 0.122. The van der Waals surface area contributed by atoms with Crippen LogP contribution < -0.4 is 10.9 Å². The maximum atomic E-state index is 12.1. The molecule has 104 valence electrons. The Morgan fingerprint density at radius 3 is 3.00 bits per heavy atom. The number of hydrogen-bond acceptors (Lipinski definition) is 3. The van der Waals surface area contributed by atoms with Crippen LogP contribution in [-0.4, -0.2) is 16.3 Å². The third-order valence-electron chi connectivity index (χ3n) is 3.35. The molecule has 2 aromatic rings. The van der Waals surface area contributed by atoms with E-state index in [1.165, 1.54) is 4.68 Å². The number of nitrogens with zero attached hydrogens (tertiary/aromatic N) is 2. The number of halogens is 2. The van der Waals surface area contributed by atoms with Gasteiger partial charge in [0.25, 0.3) is 5.56 Å². The molecule has 0 atom stereocenters. The summed E-state index contributed by atoms with van der Waals surface area (Å²) in [5.41, 5.74) is 2.63. The van der Waals surface area contributed by atoms with Crippen molar-refractivity contribution in [2.75, 3.05) is 6.54 Å². The quantitative estimate of drug-likeness (QED) is 0.925. The number of rotatable bonds is 2. The van der Waals surface area contributed by atoms with Crippen molar-refractivity contribution in [3.05, 3.63) is 61.5 Å². The van der Waals surface area contributed by atoms with E-state index in [1.54, 1.807) is 24.3 Å². The number of aromatic nitrogens is 2. The number of fused-ring (bicyclic) bond motifs is 1. The Morgan fingerprint density at radius 1 is 1.30 bits per heavy atom. The molecule has 0 fully saturated rings. The van der Waals surface area contributed by atoms with E-state index in [2.05, 4.69) is 10.4 Å². The first kappa shape index (κ1) is 13.6. The maximum absolute atomic E-state index is 12.1. The van der Waals surface area contributed by atoms with Gasteiger partial charge in [0, 0.05) is 35.6 Å². The first-order valence-corrected chi connectivity index (χ1v) is 7.13. The molecular weight excluding hydrogens is 297 g/mol. The van der Waals surface area contributed by atoms with Crippen molar-refractivity contribution in [2.24, 2.45) is 0 Å². The fourth-order valence-corrected chi connectivity index (χ4v) is 2.67. The lowest BCUT2D eigenvalue weighted by molar-refractivity contribution is 0.562. The summed E-state index contributed by atoms with van der Waals surface area (Å²) in [6, 6.07) is 6.86. The van der Waals surface area contributed by atoms with Gasteiger partial charge in [-0.3, -0.25) is 4.79 Å². The molecule has 2 heterocycles. The Kier molecular flexibility index (Phi) is 3.78. The highest BCUT2D eigenvalue weighted by Gasteiger charge is 2.13. The summed E-state index contributed by atoms with van der Waals surface area (Å²) in [7, 11) is 0. The van der Waals surface area contributed by atoms with Crippen LogP contribution in [0, 0.1) is 0 Å². The largest absolute Gasteiger partial charge is 0.312 e. The van der Waals surface area contributed by atoms with Crippen LogP contribution in [0.5, 0.6) is 0 Å². The average molecular weight is 310 g/mol. The predicted octanol–water partition coefficient (Wildman–Crippen LogP) is 2.24. The SMILES string of the molecule is O=c1cc2c(nn1Cc1cc(Cl)ccc1Cl)CCNC2. The van der Waals surface area contributed by atoms with Crippen LogP contribution in [0.1, 0.15) is 16.8 Å². The van der Waals surface area contributed by atoms with Gasteiger partial charge in [-0.1, -0.05) is 23.2 Å². The van der Waals surface area contributed by atoms with Crippen molar-refractivity contribution < 1.29 is 0 Å². The molecule has 20 heavy (non-hydrogen) atoms. The Morgan fingerprint density at radius 2 is 2.15 bits per heavy atom. The van der Waals surface area contributed by atoms with E-state index < -0.39 is 0 Å². The van der Waals surface area contributed by atoms with Crippen LogP contribution in [0.3, 0.4) is 0 Å². The highest BCUT2D eigenvalue weighted by atomic mass is 35.5. The van der Waals surface area contributed by atoms with Crippen molar-refractivity contribution in [1.29, 1.82) is 0 Å². The topological polar surface area (TPSA) is 46.9 Å². The monoisotopic (exact) mass is 309 g/mol. The van der Waals surface area contributed by atoms with Crippen LogP contribution in [-0.2, 0) is 19.5 Å². The first-order chi connectivity index (χ1) is 9.63. The third kappa shape index (κ3) is 2.73. The highest BCUT2D eigenvalue weighted by Crippen LogP contribution is 2.21. The Balaban J connectivity index is 1.98. The number of benzene rings is 1. The van der Waals surface area contributed by atoms with Gasteiger partial charge in [0.15, 0.2) is 0 Å². The zero-order valence-electron chi connectivity index (χ0n) is 10.7. The molecule has 1 aliphatic rings. The van der Waals surface area contributed by atoms with Gasteiger partial charge in [0.2, 0.25) is 0 Å². The lowest BCUT2D eigenvalue weighted by Crippen LogP contribution is -2.31. The molecule has 0 saturated carbocycles. The smallest absolute Gasteiger partial charge is 0.267 e. The van der Waals surface area contributed by atoms with Gasteiger partial charge in [-0.05, 0) is 29.3 Å². The number of nitrogens with one attached hydrogen (secondary N) is 1. The van der Waals surface area contributed by atoms with Crippen LogP contribution >= 0.6 is 23.2 Å². The molecule has 1 aliphatic heterocycles. The second-order valence-corrected chi connectivity index (χ2v) is 5.62. The molecule has 1 N–H and O–H groups in total. The van der Waals surface area contributed by atoms with Crippen LogP contribution in [0.2, 0.25) is 10.0 Å². The van der Waals surface area contributed by atoms with Gasteiger partial charge in [-0.2, -0.15) is 5.10 Å². The molecule has 3 rings (SSSR count). The number of hydrogen-bond donors (Lipinski definition) is 1. The molecule has 0 saturated heterocycles. The molecule has 0 amide bonds. The zero-order chi connectivity index (χ0) is 14.1. The van der Waals surface area contributed by atoms with E-state index in [4.69, 9.17) is 23.2 Å². The maximum Gasteiger partial charge on any atom is 0.267 e. The third-order valence-corrected chi connectivity index (χ3v) is 3.95. The summed E-state index contributed by atoms with van der Waals surface area (Å²) in [6.45, 7) is 1.92. The fourth-order valence-electron chi connectivity index (χ4n) is 2.30. The molecule has 0 aliphatic carbocycles. The van der Waals surface area contributed by atoms with Crippen molar-refractivity contribution in [2.45, 2.75) is 19.5 Å². The Labute approximate surface area is 126 Å². The van der Waals surface area contributed by atoms with Crippen molar-refractivity contribution in [3.8, 4) is 0 Å². The van der Waals surface area contributed by atoms with Crippen molar-refractivity contribution >= 4 is 23.2 Å². The predicted molar refractivity (Wildman–Crippen MR) is 79.5 cm³/mol. The van der Waals surface area contributed by atoms with E-state index >= 15 is 0 Å². The van der Waals surface area contributed by atoms with Gasteiger partial charge >= 0.3 is 0 Å². The van der Waals surface area contributed by atoms with Gasteiger partial charge in [0.05, 0.1) is 12.2 Å². The molecular formula is C14H13Cl2N3O. The molecule has 6 heteroatoms. The zero-order valence-corrected chi connectivity index (χ0v) is 12.2. The molecule has 0 spiro atoms. The van der Waals surface area contributed by atoms with Crippen molar-refractivity contribution in [1.82, 2.24) is 15.1 Å². The van der Waals surface area contributed by atoms with Gasteiger partial charge in [-0.25, -0.2) is 4.68 Å². The van der Waals surface area contributed by atoms with E-state index in [0.29, 0.717) is 23.1 Å². The van der Waals surface area contributed by atoms with Crippen LogP contribution in [0.4, 0.5) is 0 Å². The molecule has 0 bridgehead atoms. The van der Waals surface area contributed by atoms with Gasteiger partial charge in [0.1, 0.15) is 0 Å². The molecule has 1 aromatic carbocycles. The first-order valence-electron chi connectivity index (χ1n) is 6.38. The normalized spacial score (nSPS) is 14.1. The highest BCUT2D eigenvalue weighted by molar-refractivity contribution is 6.33. The summed E-state index contributed by atoms with van der Waals surface area (Å²) in [4.78, 5) is 12.1. The van der Waals surface area contributed by atoms with Gasteiger partial charge in [-0.15, -0.1) is 0 Å². The summed E-state index contributed by atoms with van der Waals surface area (Å²) in [5.74, 6) is 0. The molecule has 1 aromatic heterocycles. The summed E-state index contributed by atoms with van der Waals surface area (Å²) >= 11 is 12.1. The standard InChI is InChI=1S/C14H13Cl2N3O/c15-11-1-2-12(16)10(5-11)8-19-14(20)6-9-7-17-4-3-13(9)18-19/h1-2,5-6,17H,3-4,7-8H2. The molecule has 0 radical (unpaired) electrons. The second kappa shape index (κ2) is 5.56. The minimum atomic E-state index is -0.122.